The largest absolute Gasteiger partial charge is 0.366 e. The summed E-state index contributed by atoms with van der Waals surface area (Å²) in [6.07, 6.45) is 2.20. The van der Waals surface area contributed by atoms with Crippen molar-refractivity contribution in [2.75, 3.05) is 6.61 Å². The Kier molecular flexibility index (Phi) is 4.41. The van der Waals surface area contributed by atoms with Crippen molar-refractivity contribution in [3.05, 3.63) is 34.9 Å². The summed E-state index contributed by atoms with van der Waals surface area (Å²) in [5.41, 5.74) is 4.11. The van der Waals surface area contributed by atoms with Gasteiger partial charge in [0.1, 0.15) is 0 Å². The molecular formula is C11H17OP. The van der Waals surface area contributed by atoms with Gasteiger partial charge in [0.2, 0.25) is 0 Å². The minimum absolute atomic E-state index is 0.817. The van der Waals surface area contributed by atoms with Crippen LogP contribution in [0.4, 0.5) is 0 Å². The van der Waals surface area contributed by atoms with Gasteiger partial charge in [0.15, 0.2) is 0 Å². The molecule has 72 valence electrons. The minimum atomic E-state index is 0.817. The molecule has 2 heteroatoms. The van der Waals surface area contributed by atoms with Crippen molar-refractivity contribution >= 4 is 9.47 Å². The molecule has 0 aromatic heterocycles. The van der Waals surface area contributed by atoms with Crippen molar-refractivity contribution in [1.82, 2.24) is 0 Å². The second-order valence-electron chi connectivity index (χ2n) is 3.47. The van der Waals surface area contributed by atoms with E-state index in [1.165, 1.54) is 16.7 Å². The standard InChI is InChI=1S/C11H17OP/c1-9-6-10(2)8-11(7-9)4-3-5-12-13/h6-8H,3-5,13H2,1-2H3. The van der Waals surface area contributed by atoms with Crippen LogP contribution >= 0.6 is 9.47 Å². The van der Waals surface area contributed by atoms with Crippen LogP contribution in [0.3, 0.4) is 0 Å². The summed E-state index contributed by atoms with van der Waals surface area (Å²) in [5.74, 6) is 0. The SMILES string of the molecule is Cc1cc(C)cc(CCCOP)c1. The fourth-order valence-corrected chi connectivity index (χ4v) is 1.74. The molecule has 0 bridgehead atoms. The van der Waals surface area contributed by atoms with E-state index in [1.807, 2.05) is 0 Å². The molecule has 0 saturated heterocycles. The fourth-order valence-electron chi connectivity index (χ4n) is 1.57. The van der Waals surface area contributed by atoms with Crippen LogP contribution in [-0.2, 0) is 10.9 Å². The first kappa shape index (κ1) is 10.7. The highest BCUT2D eigenvalue weighted by Crippen LogP contribution is 2.10. The van der Waals surface area contributed by atoms with E-state index in [4.69, 9.17) is 4.52 Å². The van der Waals surface area contributed by atoms with Crippen LogP contribution in [0.5, 0.6) is 0 Å². The van der Waals surface area contributed by atoms with Gasteiger partial charge in [0.05, 0.1) is 6.61 Å². The lowest BCUT2D eigenvalue weighted by molar-refractivity contribution is 0.363. The van der Waals surface area contributed by atoms with Crippen molar-refractivity contribution in [2.45, 2.75) is 26.7 Å². The maximum Gasteiger partial charge on any atom is 0.0505 e. The smallest absolute Gasteiger partial charge is 0.0505 e. The maximum atomic E-state index is 4.94. The van der Waals surface area contributed by atoms with Crippen molar-refractivity contribution in [3.8, 4) is 0 Å². The van der Waals surface area contributed by atoms with Gasteiger partial charge in [-0.25, -0.2) is 0 Å². The summed E-state index contributed by atoms with van der Waals surface area (Å²) >= 11 is 0. The molecule has 0 heterocycles. The van der Waals surface area contributed by atoms with E-state index >= 15 is 0 Å². The Morgan fingerprint density at radius 1 is 1.15 bits per heavy atom. The monoisotopic (exact) mass is 196 g/mol. The first-order valence-electron chi connectivity index (χ1n) is 4.61. The molecule has 1 unspecified atom stereocenters. The van der Waals surface area contributed by atoms with Crippen molar-refractivity contribution in [3.63, 3.8) is 0 Å². The van der Waals surface area contributed by atoms with Crippen molar-refractivity contribution in [2.24, 2.45) is 0 Å². The topological polar surface area (TPSA) is 9.23 Å². The highest BCUT2D eigenvalue weighted by molar-refractivity contribution is 7.09. The van der Waals surface area contributed by atoms with Crippen LogP contribution in [-0.4, -0.2) is 6.61 Å². The molecule has 0 radical (unpaired) electrons. The van der Waals surface area contributed by atoms with E-state index in [-0.39, 0.29) is 0 Å². The van der Waals surface area contributed by atoms with Crippen molar-refractivity contribution in [1.29, 1.82) is 0 Å². The second kappa shape index (κ2) is 5.36. The van der Waals surface area contributed by atoms with Gasteiger partial charge < -0.3 is 4.52 Å². The Bertz CT molecular complexity index is 251. The number of hydrogen-bond donors (Lipinski definition) is 0. The Labute approximate surface area is 82.8 Å². The van der Waals surface area contributed by atoms with E-state index in [2.05, 4.69) is 41.5 Å². The Balaban J connectivity index is 2.56. The van der Waals surface area contributed by atoms with Gasteiger partial charge >= 0.3 is 0 Å². The molecule has 1 atom stereocenters. The highest BCUT2D eigenvalue weighted by atomic mass is 31.0. The van der Waals surface area contributed by atoms with Crippen molar-refractivity contribution < 1.29 is 4.52 Å². The van der Waals surface area contributed by atoms with Crippen LogP contribution < -0.4 is 0 Å². The Hall–Kier alpha value is -0.390. The Morgan fingerprint density at radius 3 is 2.31 bits per heavy atom. The lowest BCUT2D eigenvalue weighted by atomic mass is 10.0. The molecule has 1 aromatic rings. The number of rotatable bonds is 4. The average Bonchev–Trinajstić information content (AvgIpc) is 2.03. The third kappa shape index (κ3) is 3.89. The minimum Gasteiger partial charge on any atom is -0.366 e. The predicted octanol–water partition coefficient (Wildman–Crippen LogP) is 3.04. The van der Waals surface area contributed by atoms with Gasteiger partial charge in [0, 0.05) is 9.47 Å². The molecule has 0 amide bonds. The second-order valence-corrected chi connectivity index (χ2v) is 3.80. The normalized spacial score (nSPS) is 10.4. The van der Waals surface area contributed by atoms with E-state index in [9.17, 15) is 0 Å². The zero-order chi connectivity index (χ0) is 9.68. The molecule has 1 nitrogen and oxygen atoms in total. The van der Waals surface area contributed by atoms with Crippen LogP contribution in [0.15, 0.2) is 18.2 Å². The molecule has 0 spiro atoms. The zero-order valence-electron chi connectivity index (χ0n) is 8.34. The van der Waals surface area contributed by atoms with Gasteiger partial charge in [-0.15, -0.1) is 0 Å². The van der Waals surface area contributed by atoms with Crippen LogP contribution in [0, 0.1) is 13.8 Å². The van der Waals surface area contributed by atoms with E-state index in [1.54, 1.807) is 0 Å². The fraction of sp³-hybridized carbons (Fsp3) is 0.455. The molecule has 0 N–H and O–H groups in total. The average molecular weight is 196 g/mol. The maximum absolute atomic E-state index is 4.94. The summed E-state index contributed by atoms with van der Waals surface area (Å²) in [4.78, 5) is 0. The molecule has 0 saturated carbocycles. The van der Waals surface area contributed by atoms with Gasteiger partial charge in [-0.1, -0.05) is 29.3 Å². The zero-order valence-corrected chi connectivity index (χ0v) is 9.49. The summed E-state index contributed by atoms with van der Waals surface area (Å²) < 4.78 is 4.94. The summed E-state index contributed by atoms with van der Waals surface area (Å²) in [5, 5.41) is 0. The van der Waals surface area contributed by atoms with Gasteiger partial charge in [0.25, 0.3) is 0 Å². The number of hydrogen-bond acceptors (Lipinski definition) is 1. The first-order chi connectivity index (χ1) is 6.22. The lowest BCUT2D eigenvalue weighted by Gasteiger charge is -2.04. The van der Waals surface area contributed by atoms with Gasteiger partial charge in [-0.2, -0.15) is 0 Å². The molecule has 0 fully saturated rings. The molecule has 1 rings (SSSR count). The molecule has 13 heavy (non-hydrogen) atoms. The van der Waals surface area contributed by atoms with Crippen LogP contribution in [0.1, 0.15) is 23.1 Å². The summed E-state index contributed by atoms with van der Waals surface area (Å²) in [6.45, 7) is 5.10. The first-order valence-corrected chi connectivity index (χ1v) is 5.08. The highest BCUT2D eigenvalue weighted by Gasteiger charge is 1.95. The van der Waals surface area contributed by atoms with Gasteiger partial charge in [-0.05, 0) is 32.3 Å². The van der Waals surface area contributed by atoms with E-state index in [0.29, 0.717) is 0 Å². The third-order valence-electron chi connectivity index (χ3n) is 2.01. The van der Waals surface area contributed by atoms with E-state index < -0.39 is 0 Å². The van der Waals surface area contributed by atoms with Crippen LogP contribution in [0.25, 0.3) is 0 Å². The van der Waals surface area contributed by atoms with Crippen LogP contribution in [0.2, 0.25) is 0 Å². The molecular weight excluding hydrogens is 179 g/mol. The molecule has 0 aliphatic heterocycles. The van der Waals surface area contributed by atoms with E-state index in [0.717, 1.165) is 19.4 Å². The molecule has 0 aliphatic rings. The number of benzene rings is 1. The lowest BCUT2D eigenvalue weighted by Crippen LogP contribution is -1.91. The summed E-state index contributed by atoms with van der Waals surface area (Å²) in [7, 11) is 2.28. The third-order valence-corrected chi connectivity index (χ3v) is 2.24. The predicted molar refractivity (Wildman–Crippen MR) is 59.9 cm³/mol. The quantitative estimate of drug-likeness (QED) is 0.531. The number of aryl methyl sites for hydroxylation is 3. The summed E-state index contributed by atoms with van der Waals surface area (Å²) in [6, 6.07) is 6.70. The van der Waals surface area contributed by atoms with Gasteiger partial charge in [-0.3, -0.25) is 0 Å². The Morgan fingerprint density at radius 2 is 1.77 bits per heavy atom. The molecule has 0 aliphatic carbocycles. The molecule has 1 aromatic carbocycles.